The van der Waals surface area contributed by atoms with Gasteiger partial charge in [-0.2, -0.15) is 4.31 Å². The van der Waals surface area contributed by atoms with Crippen molar-refractivity contribution in [3.05, 3.63) is 35.9 Å². The molecule has 0 saturated carbocycles. The third-order valence-corrected chi connectivity index (χ3v) is 8.18. The fourth-order valence-corrected chi connectivity index (χ4v) is 6.11. The molecule has 2 amide bonds. The zero-order chi connectivity index (χ0) is 26.2. The van der Waals surface area contributed by atoms with Gasteiger partial charge in [0.25, 0.3) is 0 Å². The third kappa shape index (κ3) is 9.56. The summed E-state index contributed by atoms with van der Waals surface area (Å²) in [5.74, 6) is 0.147. The predicted octanol–water partition coefficient (Wildman–Crippen LogP) is 4.14. The fraction of sp³-hybridized carbons (Fsp3) is 0.704. The molecule has 8 heteroatoms. The summed E-state index contributed by atoms with van der Waals surface area (Å²) in [5, 5.41) is 0. The summed E-state index contributed by atoms with van der Waals surface area (Å²) in [5.41, 5.74) is 0.950. The molecule has 0 aromatic heterocycles. The number of sulfonamides is 1. The number of rotatable bonds is 11. The molecule has 1 heterocycles. The molecular weight excluding hydrogens is 462 g/mol. The smallest absolute Gasteiger partial charge is 0.238 e. The number of carbonyl (C=O) groups is 2. The number of benzene rings is 1. The second kappa shape index (κ2) is 12.9. The first kappa shape index (κ1) is 29.3. The van der Waals surface area contributed by atoms with Crippen molar-refractivity contribution in [3.63, 3.8) is 0 Å². The minimum atomic E-state index is -3.50. The molecular formula is C27H45N3O4S. The molecule has 2 rings (SSSR count). The van der Waals surface area contributed by atoms with Crippen LogP contribution in [0.3, 0.4) is 0 Å². The lowest BCUT2D eigenvalue weighted by atomic mass is 9.91. The number of hydrogen-bond donors (Lipinski definition) is 0. The Bertz CT molecular complexity index is 917. The van der Waals surface area contributed by atoms with Gasteiger partial charge in [0.15, 0.2) is 0 Å². The van der Waals surface area contributed by atoms with E-state index in [9.17, 15) is 18.0 Å². The number of nitrogens with zero attached hydrogens (tertiary/aromatic N) is 3. The standard InChI is InChI=1S/C27H45N3O4S/c1-7-17-35(33,34)29(19-22(2)3)21-26(32)30(20-23-11-9-8-10-12-23)24-13-15-28(16-14-24)25(31)18-27(4,5)6/h8-12,22,24H,7,13-21H2,1-6H3. The van der Waals surface area contributed by atoms with Gasteiger partial charge in [0, 0.05) is 38.6 Å². The Labute approximate surface area is 212 Å². The summed E-state index contributed by atoms with van der Waals surface area (Å²) in [6.45, 7) is 13.8. The maximum Gasteiger partial charge on any atom is 0.238 e. The van der Waals surface area contributed by atoms with Gasteiger partial charge in [0.2, 0.25) is 21.8 Å². The minimum Gasteiger partial charge on any atom is -0.343 e. The average molecular weight is 508 g/mol. The van der Waals surface area contributed by atoms with Crippen LogP contribution in [-0.2, 0) is 26.2 Å². The molecule has 0 spiro atoms. The lowest BCUT2D eigenvalue weighted by molar-refractivity contribution is -0.138. The fourth-order valence-electron chi connectivity index (χ4n) is 4.51. The van der Waals surface area contributed by atoms with E-state index in [1.54, 1.807) is 0 Å². The van der Waals surface area contributed by atoms with E-state index in [1.807, 2.05) is 60.9 Å². The van der Waals surface area contributed by atoms with Gasteiger partial charge in [-0.25, -0.2) is 8.42 Å². The largest absolute Gasteiger partial charge is 0.343 e. The quantitative estimate of drug-likeness (QED) is 0.451. The van der Waals surface area contributed by atoms with Crippen molar-refractivity contribution < 1.29 is 18.0 Å². The van der Waals surface area contributed by atoms with E-state index in [2.05, 4.69) is 20.8 Å². The molecule has 1 aromatic rings. The number of amides is 2. The van der Waals surface area contributed by atoms with Crippen molar-refractivity contribution >= 4 is 21.8 Å². The van der Waals surface area contributed by atoms with Crippen LogP contribution in [0, 0.1) is 11.3 Å². The minimum absolute atomic E-state index is 0.0313. The van der Waals surface area contributed by atoms with Gasteiger partial charge in [0.05, 0.1) is 12.3 Å². The molecule has 1 aliphatic heterocycles. The number of carbonyl (C=O) groups excluding carboxylic acids is 2. The molecule has 198 valence electrons. The van der Waals surface area contributed by atoms with Gasteiger partial charge in [-0.3, -0.25) is 9.59 Å². The van der Waals surface area contributed by atoms with E-state index < -0.39 is 10.0 Å². The van der Waals surface area contributed by atoms with E-state index in [0.29, 0.717) is 51.9 Å². The first-order valence-corrected chi connectivity index (χ1v) is 14.5. The SMILES string of the molecule is CCCS(=O)(=O)N(CC(=O)N(Cc1ccccc1)C1CCN(C(=O)CC(C)(C)C)CC1)CC(C)C. The van der Waals surface area contributed by atoms with Gasteiger partial charge < -0.3 is 9.80 Å². The molecule has 1 aromatic carbocycles. The number of hydrogen-bond acceptors (Lipinski definition) is 4. The van der Waals surface area contributed by atoms with E-state index >= 15 is 0 Å². The van der Waals surface area contributed by atoms with Crippen LogP contribution in [-0.4, -0.2) is 72.3 Å². The van der Waals surface area contributed by atoms with Crippen molar-refractivity contribution in [3.8, 4) is 0 Å². The van der Waals surface area contributed by atoms with E-state index in [1.165, 1.54) is 4.31 Å². The van der Waals surface area contributed by atoms with Gasteiger partial charge in [-0.05, 0) is 36.2 Å². The van der Waals surface area contributed by atoms with Crippen molar-refractivity contribution in [1.29, 1.82) is 0 Å². The van der Waals surface area contributed by atoms with Crippen molar-refractivity contribution in [2.75, 3.05) is 31.9 Å². The molecule has 0 aliphatic carbocycles. The van der Waals surface area contributed by atoms with Gasteiger partial charge in [0.1, 0.15) is 0 Å². The molecule has 0 radical (unpaired) electrons. The second-order valence-electron chi connectivity index (χ2n) is 11.4. The molecule has 1 fully saturated rings. The topological polar surface area (TPSA) is 78.0 Å². The van der Waals surface area contributed by atoms with Crippen LogP contribution in [0.25, 0.3) is 0 Å². The average Bonchev–Trinajstić information content (AvgIpc) is 2.76. The third-order valence-electron chi connectivity index (χ3n) is 6.19. The van der Waals surface area contributed by atoms with Crippen LogP contribution in [0.2, 0.25) is 0 Å². The Kier molecular flexibility index (Phi) is 10.8. The summed E-state index contributed by atoms with van der Waals surface area (Å²) in [6.07, 6.45) is 2.41. The van der Waals surface area contributed by atoms with Crippen molar-refractivity contribution in [2.24, 2.45) is 11.3 Å². The Hall–Kier alpha value is -1.93. The lowest BCUT2D eigenvalue weighted by Gasteiger charge is -2.40. The molecule has 0 N–H and O–H groups in total. The second-order valence-corrected chi connectivity index (χ2v) is 13.4. The molecule has 0 bridgehead atoms. The van der Waals surface area contributed by atoms with E-state index in [4.69, 9.17) is 0 Å². The summed E-state index contributed by atoms with van der Waals surface area (Å²) >= 11 is 0. The zero-order valence-electron chi connectivity index (χ0n) is 22.5. The van der Waals surface area contributed by atoms with Crippen molar-refractivity contribution in [1.82, 2.24) is 14.1 Å². The first-order chi connectivity index (χ1) is 16.3. The van der Waals surface area contributed by atoms with E-state index in [-0.39, 0.29) is 41.5 Å². The van der Waals surface area contributed by atoms with Crippen LogP contribution in [0.4, 0.5) is 0 Å². The Morgan fingerprint density at radius 1 is 1.09 bits per heavy atom. The van der Waals surface area contributed by atoms with Crippen LogP contribution in [0.1, 0.15) is 72.8 Å². The van der Waals surface area contributed by atoms with Crippen molar-refractivity contribution in [2.45, 2.75) is 79.8 Å². The summed E-state index contributed by atoms with van der Waals surface area (Å²) in [4.78, 5) is 30.1. The summed E-state index contributed by atoms with van der Waals surface area (Å²) < 4.78 is 27.2. The monoisotopic (exact) mass is 507 g/mol. The summed E-state index contributed by atoms with van der Waals surface area (Å²) in [6, 6.07) is 9.78. The zero-order valence-corrected chi connectivity index (χ0v) is 23.3. The highest BCUT2D eigenvalue weighted by Crippen LogP contribution is 2.24. The highest BCUT2D eigenvalue weighted by Gasteiger charge is 2.33. The van der Waals surface area contributed by atoms with Gasteiger partial charge in [-0.1, -0.05) is 71.9 Å². The Morgan fingerprint density at radius 3 is 2.20 bits per heavy atom. The van der Waals surface area contributed by atoms with Crippen LogP contribution >= 0.6 is 0 Å². The van der Waals surface area contributed by atoms with Crippen LogP contribution < -0.4 is 0 Å². The maximum atomic E-state index is 13.6. The highest BCUT2D eigenvalue weighted by molar-refractivity contribution is 7.89. The normalized spacial score (nSPS) is 15.6. The molecule has 7 nitrogen and oxygen atoms in total. The van der Waals surface area contributed by atoms with E-state index in [0.717, 1.165) is 5.56 Å². The molecule has 0 unspecified atom stereocenters. The van der Waals surface area contributed by atoms with Crippen LogP contribution in [0.15, 0.2) is 30.3 Å². The molecule has 35 heavy (non-hydrogen) atoms. The molecule has 1 saturated heterocycles. The molecule has 0 atom stereocenters. The lowest BCUT2D eigenvalue weighted by Crippen LogP contribution is -2.52. The highest BCUT2D eigenvalue weighted by atomic mass is 32.2. The number of piperidine rings is 1. The summed E-state index contributed by atoms with van der Waals surface area (Å²) in [7, 11) is -3.50. The first-order valence-electron chi connectivity index (χ1n) is 12.9. The van der Waals surface area contributed by atoms with Gasteiger partial charge >= 0.3 is 0 Å². The van der Waals surface area contributed by atoms with Crippen LogP contribution in [0.5, 0.6) is 0 Å². The molecule has 1 aliphatic rings. The van der Waals surface area contributed by atoms with Gasteiger partial charge in [-0.15, -0.1) is 0 Å². The maximum absolute atomic E-state index is 13.6. The predicted molar refractivity (Wildman–Crippen MR) is 141 cm³/mol. The number of likely N-dealkylation sites (tertiary alicyclic amines) is 1. The Morgan fingerprint density at radius 2 is 1.69 bits per heavy atom. The Balaban J connectivity index is 2.19.